The molecule has 168 valence electrons. The maximum absolute atomic E-state index is 13.2. The summed E-state index contributed by atoms with van der Waals surface area (Å²) in [6, 6.07) is 0.0396. The molecule has 0 aliphatic heterocycles. The number of likely N-dealkylation sites (N-methyl/N-ethyl adjacent to an activating group) is 1. The van der Waals surface area contributed by atoms with Crippen molar-refractivity contribution in [2.24, 2.45) is 5.92 Å². The number of aromatic hydroxyl groups is 1. The zero-order chi connectivity index (χ0) is 22.7. The Bertz CT molecular complexity index is 1060. The molecule has 0 unspecified atom stereocenters. The van der Waals surface area contributed by atoms with Gasteiger partial charge in [0.2, 0.25) is 11.8 Å². The van der Waals surface area contributed by atoms with Crippen LogP contribution in [0.5, 0.6) is 5.88 Å². The van der Waals surface area contributed by atoms with E-state index in [-0.39, 0.29) is 23.4 Å². The molecule has 1 fully saturated rings. The maximum atomic E-state index is 13.2. The summed E-state index contributed by atoms with van der Waals surface area (Å²) < 4.78 is 7.58. The highest BCUT2D eigenvalue weighted by Crippen LogP contribution is 2.23. The van der Waals surface area contributed by atoms with Crippen LogP contribution in [0.4, 0.5) is 0 Å². The van der Waals surface area contributed by atoms with Gasteiger partial charge >= 0.3 is 0 Å². The van der Waals surface area contributed by atoms with E-state index in [1.54, 1.807) is 20.2 Å². The summed E-state index contributed by atoms with van der Waals surface area (Å²) in [7, 11) is 3.22. The van der Waals surface area contributed by atoms with E-state index in [1.807, 2.05) is 13.8 Å². The second-order valence-corrected chi connectivity index (χ2v) is 8.18. The number of hydrogen-bond donors (Lipinski definition) is 2. The van der Waals surface area contributed by atoms with Gasteiger partial charge in [0.25, 0.3) is 11.5 Å². The van der Waals surface area contributed by atoms with Crippen molar-refractivity contribution < 1.29 is 19.4 Å². The van der Waals surface area contributed by atoms with Gasteiger partial charge in [0, 0.05) is 44.9 Å². The number of methoxy groups -OCH3 is 1. The standard InChI is InChI=1S/C21H29N5O5/c1-13(2)12-25-19-14(5-8-16(27)24(3)9-10-31-4)11-22-26(19)21(30)17(20(25)29)18(28)23-15-6-7-15/h5,8,11,13,15,30H,6-7,9-10,12H2,1-4H3,(H,23,28)/b8-5+. The van der Waals surface area contributed by atoms with E-state index < -0.39 is 17.3 Å². The van der Waals surface area contributed by atoms with Gasteiger partial charge in [0.15, 0.2) is 5.56 Å². The number of nitrogens with one attached hydrogen (secondary N) is 1. The predicted molar refractivity (Wildman–Crippen MR) is 115 cm³/mol. The molecule has 0 saturated heterocycles. The number of rotatable bonds is 9. The van der Waals surface area contributed by atoms with Gasteiger partial charge in [0.1, 0.15) is 5.65 Å². The summed E-state index contributed by atoms with van der Waals surface area (Å²) in [5, 5.41) is 17.6. The molecule has 0 spiro atoms. The van der Waals surface area contributed by atoms with Crippen LogP contribution in [-0.4, -0.2) is 69.4 Å². The molecule has 3 rings (SSSR count). The summed E-state index contributed by atoms with van der Waals surface area (Å²) >= 11 is 0. The number of fused-ring (bicyclic) bond motifs is 1. The average Bonchev–Trinajstić information content (AvgIpc) is 3.42. The first-order chi connectivity index (χ1) is 14.7. The lowest BCUT2D eigenvalue weighted by atomic mass is 10.2. The number of carbonyl (C=O) groups excluding carboxylic acids is 2. The molecule has 0 radical (unpaired) electrons. The molecule has 2 aromatic rings. The van der Waals surface area contributed by atoms with Crippen LogP contribution in [-0.2, 0) is 16.1 Å². The van der Waals surface area contributed by atoms with Crippen molar-refractivity contribution in [1.29, 1.82) is 0 Å². The van der Waals surface area contributed by atoms with Crippen molar-refractivity contribution in [3.63, 3.8) is 0 Å². The molecular formula is C21H29N5O5. The minimum absolute atomic E-state index is 0.0396. The largest absolute Gasteiger partial charge is 0.492 e. The Morgan fingerprint density at radius 1 is 1.42 bits per heavy atom. The first kappa shape index (κ1) is 22.5. The van der Waals surface area contributed by atoms with Gasteiger partial charge < -0.3 is 20.1 Å². The van der Waals surface area contributed by atoms with Crippen LogP contribution in [0.15, 0.2) is 17.1 Å². The summed E-state index contributed by atoms with van der Waals surface area (Å²) in [5.41, 5.74) is -0.108. The quantitative estimate of drug-likeness (QED) is 0.569. The molecule has 31 heavy (non-hydrogen) atoms. The van der Waals surface area contributed by atoms with E-state index in [0.29, 0.717) is 30.9 Å². The van der Waals surface area contributed by atoms with Crippen molar-refractivity contribution in [3.8, 4) is 5.88 Å². The molecule has 1 aliphatic carbocycles. The zero-order valence-electron chi connectivity index (χ0n) is 18.3. The minimum Gasteiger partial charge on any atom is -0.492 e. The number of hydrogen-bond acceptors (Lipinski definition) is 6. The van der Waals surface area contributed by atoms with E-state index in [9.17, 15) is 19.5 Å². The molecule has 2 N–H and O–H groups in total. The Morgan fingerprint density at radius 3 is 2.74 bits per heavy atom. The number of aromatic nitrogens is 3. The molecule has 10 nitrogen and oxygen atoms in total. The van der Waals surface area contributed by atoms with Crippen LogP contribution in [0.3, 0.4) is 0 Å². The lowest BCUT2D eigenvalue weighted by Gasteiger charge is -2.15. The van der Waals surface area contributed by atoms with Gasteiger partial charge in [0.05, 0.1) is 12.8 Å². The Balaban J connectivity index is 2.04. The molecule has 0 bridgehead atoms. The normalized spacial score (nSPS) is 14.0. The highest BCUT2D eigenvalue weighted by molar-refractivity contribution is 5.97. The average molecular weight is 431 g/mol. The smallest absolute Gasteiger partial charge is 0.270 e. The number of amides is 2. The molecule has 0 atom stereocenters. The van der Waals surface area contributed by atoms with Crippen molar-refractivity contribution in [2.75, 3.05) is 27.3 Å². The van der Waals surface area contributed by atoms with E-state index in [1.165, 1.54) is 26.3 Å². The Kier molecular flexibility index (Phi) is 6.79. The van der Waals surface area contributed by atoms with E-state index >= 15 is 0 Å². The minimum atomic E-state index is -0.605. The topological polar surface area (TPSA) is 118 Å². The summed E-state index contributed by atoms with van der Waals surface area (Å²) in [6.45, 7) is 5.06. The molecule has 10 heteroatoms. The van der Waals surface area contributed by atoms with Crippen molar-refractivity contribution in [2.45, 2.75) is 39.3 Å². The highest BCUT2D eigenvalue weighted by Gasteiger charge is 2.29. The van der Waals surface area contributed by atoms with Crippen molar-refractivity contribution in [3.05, 3.63) is 33.8 Å². The van der Waals surface area contributed by atoms with Gasteiger partial charge in [-0.2, -0.15) is 9.61 Å². The van der Waals surface area contributed by atoms with Crippen molar-refractivity contribution in [1.82, 2.24) is 24.4 Å². The predicted octanol–water partition coefficient (Wildman–Crippen LogP) is 0.868. The molecule has 1 aliphatic rings. The molecule has 2 heterocycles. The van der Waals surface area contributed by atoms with Gasteiger partial charge in [-0.3, -0.25) is 19.0 Å². The summed E-state index contributed by atoms with van der Waals surface area (Å²) in [4.78, 5) is 39.6. The van der Waals surface area contributed by atoms with E-state index in [2.05, 4.69) is 10.4 Å². The molecule has 1 saturated carbocycles. The zero-order valence-corrected chi connectivity index (χ0v) is 18.3. The first-order valence-electron chi connectivity index (χ1n) is 10.3. The SMILES string of the molecule is COCCN(C)C(=O)/C=C/c1cnn2c(O)c(C(=O)NC3CC3)c(=O)n(CC(C)C)c12. The highest BCUT2D eigenvalue weighted by atomic mass is 16.5. The van der Waals surface area contributed by atoms with Crippen LogP contribution in [0.25, 0.3) is 11.7 Å². The van der Waals surface area contributed by atoms with Crippen LogP contribution < -0.4 is 10.9 Å². The second-order valence-electron chi connectivity index (χ2n) is 8.18. The maximum Gasteiger partial charge on any atom is 0.270 e. The fourth-order valence-corrected chi connectivity index (χ4v) is 3.18. The van der Waals surface area contributed by atoms with E-state index in [0.717, 1.165) is 12.8 Å². The Morgan fingerprint density at radius 2 is 2.13 bits per heavy atom. The first-order valence-corrected chi connectivity index (χ1v) is 10.3. The van der Waals surface area contributed by atoms with Crippen LogP contribution in [0, 0.1) is 5.92 Å². The van der Waals surface area contributed by atoms with Gasteiger partial charge in [-0.25, -0.2) is 0 Å². The Hall–Kier alpha value is -3.14. The third-order valence-electron chi connectivity index (χ3n) is 5.01. The van der Waals surface area contributed by atoms with Crippen LogP contribution >= 0.6 is 0 Å². The molecular weight excluding hydrogens is 402 g/mol. The number of nitrogens with zero attached hydrogens (tertiary/aromatic N) is 4. The third-order valence-corrected chi connectivity index (χ3v) is 5.01. The fraction of sp³-hybridized carbons (Fsp3) is 0.524. The van der Waals surface area contributed by atoms with Crippen LogP contribution in [0.2, 0.25) is 0 Å². The van der Waals surface area contributed by atoms with E-state index in [4.69, 9.17) is 4.74 Å². The van der Waals surface area contributed by atoms with Crippen LogP contribution in [0.1, 0.15) is 42.6 Å². The van der Waals surface area contributed by atoms with Crippen molar-refractivity contribution >= 4 is 23.5 Å². The summed E-state index contributed by atoms with van der Waals surface area (Å²) in [5.74, 6) is -1.26. The lowest BCUT2D eigenvalue weighted by molar-refractivity contribution is -0.125. The molecule has 0 aromatic carbocycles. The number of carbonyl (C=O) groups is 2. The molecule has 2 amide bonds. The van der Waals surface area contributed by atoms with Gasteiger partial charge in [-0.05, 0) is 24.8 Å². The molecule has 2 aromatic heterocycles. The third kappa shape index (κ3) is 4.96. The monoisotopic (exact) mass is 431 g/mol. The van der Waals surface area contributed by atoms with Gasteiger partial charge in [-0.1, -0.05) is 13.8 Å². The summed E-state index contributed by atoms with van der Waals surface area (Å²) in [6.07, 6.45) is 6.10. The Labute approximate surface area is 180 Å². The second kappa shape index (κ2) is 9.34. The lowest BCUT2D eigenvalue weighted by Crippen LogP contribution is -2.36. The fourth-order valence-electron chi connectivity index (χ4n) is 3.18. The number of ether oxygens (including phenoxy) is 1. The van der Waals surface area contributed by atoms with Gasteiger partial charge in [-0.15, -0.1) is 0 Å².